The summed E-state index contributed by atoms with van der Waals surface area (Å²) in [7, 11) is -2.21. The van der Waals surface area contributed by atoms with Crippen molar-refractivity contribution in [1.29, 1.82) is 0 Å². The second-order valence-corrected chi connectivity index (χ2v) is 8.50. The van der Waals surface area contributed by atoms with Crippen LogP contribution in [0, 0.1) is 0 Å². The number of carbonyl (C=O) groups excluding carboxylic acids is 1. The third-order valence-electron chi connectivity index (χ3n) is 3.92. The fraction of sp³-hybridized carbons (Fsp3) is 0.316. The first-order valence-electron chi connectivity index (χ1n) is 8.44. The van der Waals surface area contributed by atoms with Gasteiger partial charge in [-0.2, -0.15) is 16.5 Å². The number of benzene rings is 2. The molecule has 0 unspecified atom stereocenters. The van der Waals surface area contributed by atoms with Crippen LogP contribution in [-0.4, -0.2) is 39.5 Å². The highest BCUT2D eigenvalue weighted by Crippen LogP contribution is 2.17. The topological polar surface area (TPSA) is 84.5 Å². The molecule has 0 saturated carbocycles. The van der Waals surface area contributed by atoms with Crippen molar-refractivity contribution in [2.24, 2.45) is 0 Å². The third kappa shape index (κ3) is 6.27. The molecule has 0 aliphatic rings. The average molecular weight is 409 g/mol. The molecule has 0 bridgehead atoms. The van der Waals surface area contributed by atoms with Crippen LogP contribution in [0.4, 0.5) is 0 Å². The van der Waals surface area contributed by atoms with Gasteiger partial charge in [0.25, 0.3) is 0 Å². The van der Waals surface area contributed by atoms with Gasteiger partial charge in [-0.15, -0.1) is 0 Å². The number of sulfonamides is 1. The lowest BCUT2D eigenvalue weighted by molar-refractivity contribution is -0.122. The fourth-order valence-electron chi connectivity index (χ4n) is 2.49. The summed E-state index contributed by atoms with van der Waals surface area (Å²) in [6.45, 7) is 0.256. The number of nitrogens with one attached hydrogen (secondary N) is 2. The zero-order valence-corrected chi connectivity index (χ0v) is 17.0. The summed E-state index contributed by atoms with van der Waals surface area (Å²) in [5.41, 5.74) is 0.822. The number of ether oxygens (including phenoxy) is 1. The Hall–Kier alpha value is -2.03. The summed E-state index contributed by atoms with van der Waals surface area (Å²) in [5.74, 6) is 0.960. The lowest BCUT2D eigenvalue weighted by atomic mass is 10.2. The SMILES string of the molecule is COc1ccccc1CNC(=O)[C@H](CCSC)NS(=O)(=O)c1ccccc1. The van der Waals surface area contributed by atoms with Crippen molar-refractivity contribution in [2.45, 2.75) is 23.9 Å². The molecular formula is C19H24N2O4S2. The molecule has 2 aromatic rings. The van der Waals surface area contributed by atoms with Crippen LogP contribution in [0.3, 0.4) is 0 Å². The highest BCUT2D eigenvalue weighted by atomic mass is 32.2. The molecule has 0 aliphatic heterocycles. The number of hydrogen-bond donors (Lipinski definition) is 2. The van der Waals surface area contributed by atoms with Crippen LogP contribution in [0.5, 0.6) is 5.75 Å². The van der Waals surface area contributed by atoms with Crippen molar-refractivity contribution in [3.05, 3.63) is 60.2 Å². The molecule has 27 heavy (non-hydrogen) atoms. The van der Waals surface area contributed by atoms with Gasteiger partial charge in [0.15, 0.2) is 0 Å². The molecule has 0 aromatic heterocycles. The van der Waals surface area contributed by atoms with Crippen molar-refractivity contribution in [1.82, 2.24) is 10.0 Å². The van der Waals surface area contributed by atoms with E-state index in [2.05, 4.69) is 10.0 Å². The van der Waals surface area contributed by atoms with Crippen molar-refractivity contribution in [3.8, 4) is 5.75 Å². The molecule has 2 aromatic carbocycles. The van der Waals surface area contributed by atoms with Crippen LogP contribution in [-0.2, 0) is 21.4 Å². The van der Waals surface area contributed by atoms with Gasteiger partial charge in [0.1, 0.15) is 11.8 Å². The van der Waals surface area contributed by atoms with Gasteiger partial charge in [-0.3, -0.25) is 4.79 Å². The first-order valence-corrected chi connectivity index (χ1v) is 11.3. The Labute approximate surface area is 164 Å². The van der Waals surface area contributed by atoms with E-state index in [0.717, 1.165) is 5.56 Å². The van der Waals surface area contributed by atoms with Gasteiger partial charge in [0, 0.05) is 12.1 Å². The number of amides is 1. The lowest BCUT2D eigenvalue weighted by Gasteiger charge is -2.19. The summed E-state index contributed by atoms with van der Waals surface area (Å²) >= 11 is 1.55. The molecule has 0 aliphatic carbocycles. The quantitative estimate of drug-likeness (QED) is 0.631. The Morgan fingerprint density at radius 1 is 1.11 bits per heavy atom. The van der Waals surface area contributed by atoms with Crippen molar-refractivity contribution in [2.75, 3.05) is 19.1 Å². The zero-order valence-electron chi connectivity index (χ0n) is 15.3. The maximum Gasteiger partial charge on any atom is 0.241 e. The second kappa shape index (κ2) is 10.3. The smallest absolute Gasteiger partial charge is 0.241 e. The van der Waals surface area contributed by atoms with Crippen LogP contribution < -0.4 is 14.8 Å². The highest BCUT2D eigenvalue weighted by molar-refractivity contribution is 7.98. The van der Waals surface area contributed by atoms with E-state index in [9.17, 15) is 13.2 Å². The predicted octanol–water partition coefficient (Wildman–Crippen LogP) is 2.41. The minimum atomic E-state index is -3.78. The van der Waals surface area contributed by atoms with Crippen LogP contribution >= 0.6 is 11.8 Å². The molecule has 1 atom stereocenters. The molecule has 2 N–H and O–H groups in total. The Morgan fingerprint density at radius 3 is 2.44 bits per heavy atom. The lowest BCUT2D eigenvalue weighted by Crippen LogP contribution is -2.46. The van der Waals surface area contributed by atoms with Crippen molar-refractivity contribution >= 4 is 27.7 Å². The Bertz CT molecular complexity index is 842. The van der Waals surface area contributed by atoms with Gasteiger partial charge in [-0.25, -0.2) is 8.42 Å². The van der Waals surface area contributed by atoms with Crippen LogP contribution in [0.2, 0.25) is 0 Å². The van der Waals surface area contributed by atoms with E-state index in [1.165, 1.54) is 12.1 Å². The number of hydrogen-bond acceptors (Lipinski definition) is 5. The average Bonchev–Trinajstić information content (AvgIpc) is 2.70. The molecule has 0 spiro atoms. The number of carbonyl (C=O) groups is 1. The van der Waals surface area contributed by atoms with Gasteiger partial charge < -0.3 is 10.1 Å². The molecule has 2 rings (SSSR count). The Morgan fingerprint density at radius 2 is 1.78 bits per heavy atom. The zero-order chi connectivity index (χ0) is 19.7. The van der Waals surface area contributed by atoms with E-state index >= 15 is 0 Å². The second-order valence-electron chi connectivity index (χ2n) is 5.80. The minimum Gasteiger partial charge on any atom is -0.496 e. The summed E-state index contributed by atoms with van der Waals surface area (Å²) in [6.07, 6.45) is 2.31. The first kappa shape index (κ1) is 21.3. The largest absolute Gasteiger partial charge is 0.496 e. The normalized spacial score (nSPS) is 12.4. The van der Waals surface area contributed by atoms with E-state index in [0.29, 0.717) is 17.9 Å². The fourth-order valence-corrected chi connectivity index (χ4v) is 4.21. The van der Waals surface area contributed by atoms with Gasteiger partial charge >= 0.3 is 0 Å². The minimum absolute atomic E-state index is 0.136. The number of thioether (sulfide) groups is 1. The molecule has 0 saturated heterocycles. The number of para-hydroxylation sites is 1. The van der Waals surface area contributed by atoms with Crippen LogP contribution in [0.25, 0.3) is 0 Å². The van der Waals surface area contributed by atoms with Crippen LogP contribution in [0.1, 0.15) is 12.0 Å². The molecule has 6 nitrogen and oxygen atoms in total. The summed E-state index contributed by atoms with van der Waals surface area (Å²) in [4.78, 5) is 12.8. The van der Waals surface area contributed by atoms with E-state index in [1.54, 1.807) is 37.1 Å². The number of rotatable bonds is 10. The van der Waals surface area contributed by atoms with E-state index in [-0.39, 0.29) is 17.3 Å². The predicted molar refractivity (Wildman–Crippen MR) is 108 cm³/mol. The molecule has 1 amide bonds. The van der Waals surface area contributed by atoms with E-state index in [1.807, 2.05) is 30.5 Å². The molecule has 0 heterocycles. The van der Waals surface area contributed by atoms with E-state index in [4.69, 9.17) is 4.74 Å². The Balaban J connectivity index is 2.09. The monoisotopic (exact) mass is 408 g/mol. The van der Waals surface area contributed by atoms with Crippen LogP contribution in [0.15, 0.2) is 59.5 Å². The van der Waals surface area contributed by atoms with Gasteiger partial charge in [0.2, 0.25) is 15.9 Å². The third-order valence-corrected chi connectivity index (χ3v) is 6.06. The van der Waals surface area contributed by atoms with Gasteiger partial charge in [-0.05, 0) is 36.6 Å². The molecule has 8 heteroatoms. The van der Waals surface area contributed by atoms with Crippen molar-refractivity contribution in [3.63, 3.8) is 0 Å². The maximum absolute atomic E-state index is 12.6. The Kier molecular flexibility index (Phi) is 8.15. The number of methoxy groups -OCH3 is 1. The maximum atomic E-state index is 12.6. The first-order chi connectivity index (χ1) is 13.0. The molecule has 146 valence electrons. The highest BCUT2D eigenvalue weighted by Gasteiger charge is 2.25. The summed E-state index contributed by atoms with van der Waals surface area (Å²) in [5, 5.41) is 2.80. The van der Waals surface area contributed by atoms with E-state index < -0.39 is 16.1 Å². The van der Waals surface area contributed by atoms with Gasteiger partial charge in [0.05, 0.1) is 12.0 Å². The summed E-state index contributed by atoms with van der Waals surface area (Å²) in [6, 6.07) is 14.5. The molecule has 0 fully saturated rings. The molecule has 0 radical (unpaired) electrons. The standard InChI is InChI=1S/C19H24N2O4S2/c1-25-18-11-7-6-8-15(18)14-20-19(22)17(12-13-26-2)21-27(23,24)16-9-4-3-5-10-16/h3-11,17,21H,12-14H2,1-2H3,(H,20,22)/t17-/m0/s1. The van der Waals surface area contributed by atoms with Crippen molar-refractivity contribution < 1.29 is 17.9 Å². The molecular weight excluding hydrogens is 384 g/mol. The van der Waals surface area contributed by atoms with Gasteiger partial charge in [-0.1, -0.05) is 36.4 Å². The summed E-state index contributed by atoms with van der Waals surface area (Å²) < 4.78 is 32.9.